The van der Waals surface area contributed by atoms with Crippen molar-refractivity contribution in [2.45, 2.75) is 25.4 Å². The van der Waals surface area contributed by atoms with Crippen molar-refractivity contribution in [3.05, 3.63) is 17.1 Å². The van der Waals surface area contributed by atoms with Crippen LogP contribution in [0, 0.1) is 0 Å². The van der Waals surface area contributed by atoms with Gasteiger partial charge in [0, 0.05) is 44.3 Å². The molecule has 2 aromatic rings. The van der Waals surface area contributed by atoms with E-state index >= 15 is 0 Å². The first-order chi connectivity index (χ1) is 17.1. The van der Waals surface area contributed by atoms with E-state index < -0.39 is 27.7 Å². The molecule has 2 fully saturated rings. The minimum absolute atomic E-state index is 0.0470. The zero-order valence-electron chi connectivity index (χ0n) is 19.3. The number of thiazole rings is 1. The zero-order chi connectivity index (χ0) is 25.8. The van der Waals surface area contributed by atoms with Crippen molar-refractivity contribution in [2.24, 2.45) is 0 Å². The van der Waals surface area contributed by atoms with Gasteiger partial charge in [0.15, 0.2) is 15.0 Å². The molecule has 2 saturated heterocycles. The van der Waals surface area contributed by atoms with Crippen LogP contribution in [0.25, 0.3) is 0 Å². The van der Waals surface area contributed by atoms with E-state index in [1.165, 1.54) is 11.3 Å². The summed E-state index contributed by atoms with van der Waals surface area (Å²) in [7, 11) is -3.03. The Balaban J connectivity index is 1.39. The largest absolute Gasteiger partial charge is 0.449 e. The van der Waals surface area contributed by atoms with Gasteiger partial charge >= 0.3 is 12.3 Å². The molecular formula is C20H26F3N7O4S2. The number of ether oxygens (including phenoxy) is 1. The summed E-state index contributed by atoms with van der Waals surface area (Å²) in [5, 5.41) is 7.78. The standard InChI is InChI=1S/C20H26F3N7O4S2/c21-20(22,23)14-12-25-17(26-15-13-35-18(27-15)29-7-10-36(32,33)11-8-29)28-16(14)24-4-3-6-30-5-1-2-9-34-19(30)31/h12-13H,1-11H2,(H2,24,25,26,28). The average molecular weight is 550 g/mol. The molecule has 0 radical (unpaired) electrons. The van der Waals surface area contributed by atoms with Gasteiger partial charge in [-0.3, -0.25) is 0 Å². The van der Waals surface area contributed by atoms with Gasteiger partial charge in [0.05, 0.1) is 18.1 Å². The highest BCUT2D eigenvalue weighted by Gasteiger charge is 2.35. The number of hydrogen-bond acceptors (Lipinski definition) is 11. The molecule has 198 valence electrons. The molecular weight excluding hydrogens is 523 g/mol. The minimum atomic E-state index is -4.65. The van der Waals surface area contributed by atoms with Crippen molar-refractivity contribution < 1.29 is 31.1 Å². The van der Waals surface area contributed by atoms with E-state index in [9.17, 15) is 26.4 Å². The van der Waals surface area contributed by atoms with Crippen molar-refractivity contribution in [3.63, 3.8) is 0 Å². The third kappa shape index (κ3) is 6.87. The maximum Gasteiger partial charge on any atom is 0.421 e. The van der Waals surface area contributed by atoms with E-state index in [0.717, 1.165) is 12.8 Å². The number of amides is 1. The molecule has 2 aliphatic heterocycles. The summed E-state index contributed by atoms with van der Waals surface area (Å²) in [6.07, 6.45) is -2.36. The lowest BCUT2D eigenvalue weighted by molar-refractivity contribution is -0.137. The molecule has 4 heterocycles. The number of sulfone groups is 1. The number of carbonyl (C=O) groups is 1. The molecule has 0 atom stereocenters. The zero-order valence-corrected chi connectivity index (χ0v) is 20.9. The van der Waals surface area contributed by atoms with Crippen LogP contribution >= 0.6 is 11.3 Å². The minimum Gasteiger partial charge on any atom is -0.449 e. The van der Waals surface area contributed by atoms with Gasteiger partial charge in [0.2, 0.25) is 5.95 Å². The third-order valence-corrected chi connectivity index (χ3v) is 8.15. The highest BCUT2D eigenvalue weighted by atomic mass is 32.2. The predicted octanol–water partition coefficient (Wildman–Crippen LogP) is 2.96. The Kier molecular flexibility index (Phi) is 8.02. The van der Waals surface area contributed by atoms with Crippen LogP contribution in [0.4, 0.5) is 40.7 Å². The van der Waals surface area contributed by atoms with Crippen LogP contribution in [0.15, 0.2) is 11.6 Å². The van der Waals surface area contributed by atoms with E-state index in [2.05, 4.69) is 25.6 Å². The number of carbonyl (C=O) groups excluding carboxylic acids is 1. The summed E-state index contributed by atoms with van der Waals surface area (Å²) in [5.41, 5.74) is -1.00. The van der Waals surface area contributed by atoms with Crippen LogP contribution in [0.5, 0.6) is 0 Å². The molecule has 16 heteroatoms. The Morgan fingerprint density at radius 2 is 1.92 bits per heavy atom. The van der Waals surface area contributed by atoms with Crippen molar-refractivity contribution in [3.8, 4) is 0 Å². The van der Waals surface area contributed by atoms with Gasteiger partial charge in [-0.15, -0.1) is 11.3 Å². The molecule has 0 bridgehead atoms. The van der Waals surface area contributed by atoms with Crippen LogP contribution in [0.2, 0.25) is 0 Å². The Morgan fingerprint density at radius 3 is 2.67 bits per heavy atom. The number of nitrogens with one attached hydrogen (secondary N) is 2. The Morgan fingerprint density at radius 1 is 1.14 bits per heavy atom. The first-order valence-electron chi connectivity index (χ1n) is 11.4. The second-order valence-corrected chi connectivity index (χ2v) is 11.5. The van der Waals surface area contributed by atoms with Crippen molar-refractivity contribution in [1.29, 1.82) is 0 Å². The lowest BCUT2D eigenvalue weighted by atomic mass is 10.3. The molecule has 4 rings (SSSR count). The van der Waals surface area contributed by atoms with E-state index in [1.54, 1.807) is 10.3 Å². The van der Waals surface area contributed by atoms with E-state index in [4.69, 9.17) is 4.74 Å². The second kappa shape index (κ2) is 11.0. The molecule has 1 amide bonds. The SMILES string of the molecule is O=C1OCCCCN1CCCNc1nc(Nc2csc(N3CCS(=O)(=O)CC3)n2)ncc1C(F)(F)F. The number of nitrogens with zero attached hydrogens (tertiary/aromatic N) is 5. The van der Waals surface area contributed by atoms with E-state index in [0.29, 0.717) is 56.4 Å². The molecule has 0 spiro atoms. The van der Waals surface area contributed by atoms with Crippen LogP contribution in [0.3, 0.4) is 0 Å². The van der Waals surface area contributed by atoms with Crippen LogP contribution in [0.1, 0.15) is 24.8 Å². The molecule has 2 aromatic heterocycles. The maximum absolute atomic E-state index is 13.5. The number of hydrogen-bond donors (Lipinski definition) is 2. The number of anilines is 4. The molecule has 0 saturated carbocycles. The van der Waals surface area contributed by atoms with Gasteiger partial charge in [-0.1, -0.05) is 0 Å². The summed E-state index contributed by atoms with van der Waals surface area (Å²) < 4.78 is 68.8. The quantitative estimate of drug-likeness (QED) is 0.474. The summed E-state index contributed by atoms with van der Waals surface area (Å²) in [4.78, 5) is 27.4. The van der Waals surface area contributed by atoms with Crippen molar-refractivity contribution in [2.75, 3.05) is 66.4 Å². The van der Waals surface area contributed by atoms with Crippen LogP contribution in [-0.4, -0.2) is 85.2 Å². The topological polar surface area (TPSA) is 130 Å². The van der Waals surface area contributed by atoms with E-state index in [1.807, 2.05) is 4.90 Å². The Bertz CT molecular complexity index is 1160. The van der Waals surface area contributed by atoms with Gasteiger partial charge in [0.25, 0.3) is 0 Å². The first-order valence-corrected chi connectivity index (χ1v) is 14.1. The number of aromatic nitrogens is 3. The third-order valence-electron chi connectivity index (χ3n) is 5.64. The molecule has 36 heavy (non-hydrogen) atoms. The monoisotopic (exact) mass is 549 g/mol. The van der Waals surface area contributed by atoms with Crippen molar-refractivity contribution >= 4 is 50.0 Å². The average Bonchev–Trinajstić information content (AvgIpc) is 3.17. The number of cyclic esters (lactones) is 1. The molecule has 2 aliphatic rings. The van der Waals surface area contributed by atoms with Crippen molar-refractivity contribution in [1.82, 2.24) is 19.9 Å². The van der Waals surface area contributed by atoms with Gasteiger partial charge in [0.1, 0.15) is 17.2 Å². The number of rotatable bonds is 8. The molecule has 0 aliphatic carbocycles. The van der Waals surface area contributed by atoms with Gasteiger partial charge in [-0.2, -0.15) is 18.2 Å². The predicted molar refractivity (Wildman–Crippen MR) is 129 cm³/mol. The summed E-state index contributed by atoms with van der Waals surface area (Å²) in [5.74, 6) is -0.0139. The van der Waals surface area contributed by atoms with Gasteiger partial charge < -0.3 is 25.2 Å². The highest BCUT2D eigenvalue weighted by molar-refractivity contribution is 7.91. The van der Waals surface area contributed by atoms with E-state index in [-0.39, 0.29) is 29.8 Å². The normalized spacial score (nSPS) is 18.5. The first kappa shape index (κ1) is 26.2. The molecule has 0 unspecified atom stereocenters. The molecule has 0 aromatic carbocycles. The highest BCUT2D eigenvalue weighted by Crippen LogP contribution is 2.34. The summed E-state index contributed by atoms with van der Waals surface area (Å²) in [6.45, 7) is 2.09. The lowest BCUT2D eigenvalue weighted by Crippen LogP contribution is -2.40. The number of halogens is 3. The smallest absolute Gasteiger partial charge is 0.421 e. The van der Waals surface area contributed by atoms with Crippen LogP contribution in [-0.2, 0) is 20.8 Å². The maximum atomic E-state index is 13.5. The Labute approximate surface area is 210 Å². The fraction of sp³-hybridized carbons (Fsp3) is 0.600. The van der Waals surface area contributed by atoms with Gasteiger partial charge in [-0.05, 0) is 19.3 Å². The number of alkyl halides is 3. The lowest BCUT2D eigenvalue weighted by Gasteiger charge is -2.25. The fourth-order valence-electron chi connectivity index (χ4n) is 3.70. The summed E-state index contributed by atoms with van der Waals surface area (Å²) in [6, 6.07) is 0. The summed E-state index contributed by atoms with van der Waals surface area (Å²) >= 11 is 1.28. The second-order valence-electron chi connectivity index (χ2n) is 8.32. The Hall–Kier alpha value is -2.88. The van der Waals surface area contributed by atoms with Crippen LogP contribution < -0.4 is 15.5 Å². The molecule has 11 nitrogen and oxygen atoms in total. The fourth-order valence-corrected chi connectivity index (χ4v) is 5.71. The molecule has 2 N–H and O–H groups in total. The van der Waals surface area contributed by atoms with Gasteiger partial charge in [-0.25, -0.2) is 23.2 Å².